The van der Waals surface area contributed by atoms with Gasteiger partial charge in [-0.1, -0.05) is 18.0 Å². The standard InChI is InChI=1S/C15H19Cl2NO/c16-8-11-2-1-3-14(11)18-9-12-7-13(17)6-10-4-5-19-15(10)12/h6-7,11,14,18H,1-5,8-9H2. The Kier molecular flexibility index (Phi) is 4.21. The number of ether oxygens (including phenoxy) is 1. The summed E-state index contributed by atoms with van der Waals surface area (Å²) >= 11 is 12.2. The highest BCUT2D eigenvalue weighted by Crippen LogP contribution is 2.33. The second-order valence-corrected chi connectivity index (χ2v) is 6.23. The molecule has 0 saturated heterocycles. The van der Waals surface area contributed by atoms with Crippen LogP contribution in [0.3, 0.4) is 0 Å². The van der Waals surface area contributed by atoms with E-state index >= 15 is 0 Å². The van der Waals surface area contributed by atoms with Crippen molar-refractivity contribution in [3.05, 3.63) is 28.3 Å². The molecule has 0 amide bonds. The van der Waals surface area contributed by atoms with Gasteiger partial charge in [-0.25, -0.2) is 0 Å². The average molecular weight is 300 g/mol. The second-order valence-electron chi connectivity index (χ2n) is 5.48. The van der Waals surface area contributed by atoms with Crippen molar-refractivity contribution in [3.63, 3.8) is 0 Å². The molecule has 1 aromatic carbocycles. The first-order valence-corrected chi connectivity index (χ1v) is 7.92. The Morgan fingerprint density at radius 3 is 3.05 bits per heavy atom. The van der Waals surface area contributed by atoms with Gasteiger partial charge in [-0.3, -0.25) is 0 Å². The van der Waals surface area contributed by atoms with Gasteiger partial charge in [0, 0.05) is 35.5 Å². The maximum Gasteiger partial charge on any atom is 0.127 e. The number of hydrogen-bond donors (Lipinski definition) is 1. The van der Waals surface area contributed by atoms with Crippen LogP contribution in [0.15, 0.2) is 12.1 Å². The van der Waals surface area contributed by atoms with E-state index in [0.717, 1.165) is 36.2 Å². The molecular formula is C15H19Cl2NO. The topological polar surface area (TPSA) is 21.3 Å². The Bertz CT molecular complexity index is 464. The molecule has 1 N–H and O–H groups in total. The third kappa shape index (κ3) is 2.86. The number of halogens is 2. The predicted octanol–water partition coefficient (Wildman–Crippen LogP) is 3.77. The molecule has 0 aromatic heterocycles. The minimum atomic E-state index is 0.536. The van der Waals surface area contributed by atoms with Gasteiger partial charge in [0.15, 0.2) is 0 Å². The summed E-state index contributed by atoms with van der Waals surface area (Å²) in [6.45, 7) is 1.59. The van der Waals surface area contributed by atoms with Crippen LogP contribution in [0.4, 0.5) is 0 Å². The largest absolute Gasteiger partial charge is 0.493 e. The number of hydrogen-bond acceptors (Lipinski definition) is 2. The third-order valence-electron chi connectivity index (χ3n) is 4.24. The highest BCUT2D eigenvalue weighted by Gasteiger charge is 2.26. The average Bonchev–Trinajstić information content (AvgIpc) is 3.03. The Morgan fingerprint density at radius 2 is 2.21 bits per heavy atom. The highest BCUT2D eigenvalue weighted by atomic mass is 35.5. The number of benzene rings is 1. The van der Waals surface area contributed by atoms with Crippen molar-refractivity contribution in [1.29, 1.82) is 0 Å². The van der Waals surface area contributed by atoms with Crippen molar-refractivity contribution in [2.75, 3.05) is 12.5 Å². The summed E-state index contributed by atoms with van der Waals surface area (Å²) < 4.78 is 5.73. The Morgan fingerprint density at radius 1 is 1.32 bits per heavy atom. The summed E-state index contributed by atoms with van der Waals surface area (Å²) in [6.07, 6.45) is 4.71. The van der Waals surface area contributed by atoms with E-state index in [0.29, 0.717) is 12.0 Å². The molecule has 1 fully saturated rings. The van der Waals surface area contributed by atoms with Crippen molar-refractivity contribution in [3.8, 4) is 5.75 Å². The van der Waals surface area contributed by atoms with Crippen LogP contribution in [-0.2, 0) is 13.0 Å². The molecule has 1 heterocycles. The van der Waals surface area contributed by atoms with Crippen LogP contribution in [0.1, 0.15) is 30.4 Å². The van der Waals surface area contributed by atoms with Gasteiger partial charge in [-0.2, -0.15) is 0 Å². The van der Waals surface area contributed by atoms with Crippen LogP contribution in [0.2, 0.25) is 5.02 Å². The lowest BCUT2D eigenvalue weighted by Crippen LogP contribution is -2.32. The van der Waals surface area contributed by atoms with Gasteiger partial charge in [0.2, 0.25) is 0 Å². The zero-order chi connectivity index (χ0) is 13.2. The Labute approximate surface area is 124 Å². The molecule has 1 aromatic rings. The first-order valence-electron chi connectivity index (χ1n) is 7.01. The van der Waals surface area contributed by atoms with Gasteiger partial charge in [0.05, 0.1) is 6.61 Å². The summed E-state index contributed by atoms with van der Waals surface area (Å²) in [4.78, 5) is 0. The lowest BCUT2D eigenvalue weighted by atomic mass is 10.0. The van der Waals surface area contributed by atoms with Crippen LogP contribution < -0.4 is 10.1 Å². The molecule has 2 atom stereocenters. The van der Waals surface area contributed by atoms with E-state index in [1.807, 2.05) is 12.1 Å². The van der Waals surface area contributed by atoms with E-state index < -0.39 is 0 Å². The first kappa shape index (κ1) is 13.5. The zero-order valence-electron chi connectivity index (χ0n) is 10.9. The molecule has 4 heteroatoms. The first-order chi connectivity index (χ1) is 9.28. The summed E-state index contributed by atoms with van der Waals surface area (Å²) in [5.74, 6) is 2.40. The fraction of sp³-hybridized carbons (Fsp3) is 0.600. The Hall–Kier alpha value is -0.440. The van der Waals surface area contributed by atoms with Crippen molar-refractivity contribution in [2.24, 2.45) is 5.92 Å². The fourth-order valence-corrected chi connectivity index (χ4v) is 3.84. The van der Waals surface area contributed by atoms with Crippen molar-refractivity contribution < 1.29 is 4.74 Å². The third-order valence-corrected chi connectivity index (χ3v) is 4.85. The van der Waals surface area contributed by atoms with E-state index in [-0.39, 0.29) is 0 Å². The quantitative estimate of drug-likeness (QED) is 0.855. The van der Waals surface area contributed by atoms with E-state index in [1.54, 1.807) is 0 Å². The SMILES string of the molecule is ClCC1CCCC1NCc1cc(Cl)cc2c1OCC2. The monoisotopic (exact) mass is 299 g/mol. The maximum atomic E-state index is 6.18. The van der Waals surface area contributed by atoms with Gasteiger partial charge in [-0.15, -0.1) is 11.6 Å². The number of fused-ring (bicyclic) bond motifs is 1. The van der Waals surface area contributed by atoms with E-state index in [9.17, 15) is 0 Å². The minimum Gasteiger partial charge on any atom is -0.493 e. The lowest BCUT2D eigenvalue weighted by Gasteiger charge is -2.19. The molecular weight excluding hydrogens is 281 g/mol. The molecule has 104 valence electrons. The van der Waals surface area contributed by atoms with Gasteiger partial charge >= 0.3 is 0 Å². The summed E-state index contributed by atoms with van der Waals surface area (Å²) in [7, 11) is 0. The van der Waals surface area contributed by atoms with E-state index in [1.165, 1.54) is 30.4 Å². The molecule has 0 spiro atoms. The number of nitrogens with one attached hydrogen (secondary N) is 1. The van der Waals surface area contributed by atoms with E-state index in [2.05, 4.69) is 5.32 Å². The second kappa shape index (κ2) is 5.90. The van der Waals surface area contributed by atoms with Crippen molar-refractivity contribution in [1.82, 2.24) is 5.32 Å². The summed E-state index contributed by atoms with van der Waals surface area (Å²) in [5.41, 5.74) is 2.42. The van der Waals surface area contributed by atoms with Crippen molar-refractivity contribution in [2.45, 2.75) is 38.3 Å². The van der Waals surface area contributed by atoms with E-state index in [4.69, 9.17) is 27.9 Å². The highest BCUT2D eigenvalue weighted by molar-refractivity contribution is 6.30. The zero-order valence-corrected chi connectivity index (χ0v) is 12.4. The van der Waals surface area contributed by atoms with Crippen LogP contribution in [-0.4, -0.2) is 18.5 Å². The molecule has 0 bridgehead atoms. The molecule has 2 unspecified atom stereocenters. The Balaban J connectivity index is 1.70. The molecule has 2 nitrogen and oxygen atoms in total. The van der Waals surface area contributed by atoms with Crippen LogP contribution in [0, 0.1) is 5.92 Å². The van der Waals surface area contributed by atoms with Crippen molar-refractivity contribution >= 4 is 23.2 Å². The normalized spacial score (nSPS) is 25.4. The van der Waals surface area contributed by atoms with Gasteiger partial charge < -0.3 is 10.1 Å². The van der Waals surface area contributed by atoms with Gasteiger partial charge in [0.25, 0.3) is 0 Å². The molecule has 1 saturated carbocycles. The summed E-state index contributed by atoms with van der Waals surface area (Å²) in [6, 6.07) is 4.57. The molecule has 3 rings (SSSR count). The van der Waals surface area contributed by atoms with Gasteiger partial charge in [-0.05, 0) is 36.5 Å². The maximum absolute atomic E-state index is 6.18. The van der Waals surface area contributed by atoms with Gasteiger partial charge in [0.1, 0.15) is 5.75 Å². The molecule has 2 aliphatic rings. The number of rotatable bonds is 4. The van der Waals surface area contributed by atoms with Crippen LogP contribution >= 0.6 is 23.2 Å². The molecule has 1 aliphatic heterocycles. The minimum absolute atomic E-state index is 0.536. The molecule has 19 heavy (non-hydrogen) atoms. The molecule has 0 radical (unpaired) electrons. The summed E-state index contributed by atoms with van der Waals surface area (Å²) in [5, 5.41) is 4.44. The fourth-order valence-electron chi connectivity index (χ4n) is 3.21. The van der Waals surface area contributed by atoms with Crippen LogP contribution in [0.25, 0.3) is 0 Å². The number of alkyl halides is 1. The lowest BCUT2D eigenvalue weighted by molar-refractivity contribution is 0.349. The van der Waals surface area contributed by atoms with Crippen LogP contribution in [0.5, 0.6) is 5.75 Å². The predicted molar refractivity (Wildman–Crippen MR) is 79.3 cm³/mol. The smallest absolute Gasteiger partial charge is 0.127 e. The molecule has 1 aliphatic carbocycles.